The summed E-state index contributed by atoms with van der Waals surface area (Å²) >= 11 is 1.66. The maximum Gasteiger partial charge on any atom is 0.312 e. The molecule has 2 N–H and O–H groups in total. The summed E-state index contributed by atoms with van der Waals surface area (Å²) in [7, 11) is -3.24. The van der Waals surface area contributed by atoms with Crippen molar-refractivity contribution in [1.29, 1.82) is 0 Å². The molecule has 1 fully saturated rings. The number of nitrogens with two attached hydrogens (primary N) is 1. The molecule has 1 atom stereocenters. The number of ether oxygens (including phenoxy) is 2. The van der Waals surface area contributed by atoms with Gasteiger partial charge in [-0.3, -0.25) is 4.79 Å². The highest BCUT2D eigenvalue weighted by atomic mass is 32.2. The number of benzene rings is 2. The maximum absolute atomic E-state index is 12.2. The third-order valence-corrected chi connectivity index (χ3v) is 6.64. The van der Waals surface area contributed by atoms with E-state index in [0.29, 0.717) is 22.1 Å². The Bertz CT molecular complexity index is 859. The minimum absolute atomic E-state index is 0.160. The molecular formula is C18H19NO5S2. The van der Waals surface area contributed by atoms with Crippen LogP contribution < -0.4 is 15.2 Å². The zero-order valence-electron chi connectivity index (χ0n) is 14.0. The molecule has 0 saturated carbocycles. The summed E-state index contributed by atoms with van der Waals surface area (Å²) < 4.78 is 35.2. The minimum atomic E-state index is -3.24. The van der Waals surface area contributed by atoms with Crippen LogP contribution in [0.3, 0.4) is 0 Å². The predicted octanol–water partition coefficient (Wildman–Crippen LogP) is 2.62. The maximum atomic E-state index is 12.2. The summed E-state index contributed by atoms with van der Waals surface area (Å²) in [4.78, 5) is 11.7. The van der Waals surface area contributed by atoms with Gasteiger partial charge in [-0.2, -0.15) is 11.8 Å². The number of thioether (sulfide) groups is 1. The van der Waals surface area contributed by atoms with E-state index in [-0.39, 0.29) is 29.9 Å². The topological polar surface area (TPSA) is 95.7 Å². The number of esters is 1. The molecule has 26 heavy (non-hydrogen) atoms. The van der Waals surface area contributed by atoms with Crippen molar-refractivity contribution in [3.63, 3.8) is 0 Å². The van der Waals surface area contributed by atoms with Gasteiger partial charge in [0.2, 0.25) is 0 Å². The number of carbonyl (C=O) groups excluding carboxylic acids is 1. The van der Waals surface area contributed by atoms with E-state index >= 15 is 0 Å². The van der Waals surface area contributed by atoms with Crippen molar-refractivity contribution in [2.24, 2.45) is 5.73 Å². The van der Waals surface area contributed by atoms with Crippen molar-refractivity contribution in [2.75, 3.05) is 18.1 Å². The van der Waals surface area contributed by atoms with Gasteiger partial charge in [0.05, 0.1) is 17.1 Å². The van der Waals surface area contributed by atoms with Crippen LogP contribution >= 0.6 is 11.8 Å². The van der Waals surface area contributed by atoms with Crippen molar-refractivity contribution >= 4 is 27.6 Å². The summed E-state index contributed by atoms with van der Waals surface area (Å²) in [6.07, 6.45) is 0.160. The highest BCUT2D eigenvalue weighted by Crippen LogP contribution is 2.33. The van der Waals surface area contributed by atoms with Crippen molar-refractivity contribution < 1.29 is 22.7 Å². The van der Waals surface area contributed by atoms with Crippen LogP contribution in [0.25, 0.3) is 0 Å². The Morgan fingerprint density at radius 3 is 2.12 bits per heavy atom. The molecule has 0 aliphatic carbocycles. The summed E-state index contributed by atoms with van der Waals surface area (Å²) in [6, 6.07) is 12.9. The molecule has 0 bridgehead atoms. The number of sulfone groups is 1. The smallest absolute Gasteiger partial charge is 0.312 e. The monoisotopic (exact) mass is 393 g/mol. The molecule has 2 aromatic carbocycles. The fourth-order valence-corrected chi connectivity index (χ4v) is 4.91. The van der Waals surface area contributed by atoms with Crippen LogP contribution in [0.15, 0.2) is 53.4 Å². The molecule has 3 rings (SSSR count). The van der Waals surface area contributed by atoms with Crippen LogP contribution in [0.1, 0.15) is 6.42 Å². The molecule has 0 aromatic heterocycles. The summed E-state index contributed by atoms with van der Waals surface area (Å²) in [5.41, 5.74) is 5.30. The van der Waals surface area contributed by atoms with Crippen molar-refractivity contribution in [1.82, 2.24) is 0 Å². The van der Waals surface area contributed by atoms with Gasteiger partial charge in [-0.25, -0.2) is 8.42 Å². The van der Waals surface area contributed by atoms with E-state index in [2.05, 4.69) is 0 Å². The summed E-state index contributed by atoms with van der Waals surface area (Å²) in [5, 5.41) is 0.230. The Morgan fingerprint density at radius 1 is 1.04 bits per heavy atom. The molecule has 2 aromatic rings. The zero-order valence-corrected chi connectivity index (χ0v) is 15.6. The zero-order chi connectivity index (χ0) is 18.6. The molecule has 1 saturated heterocycles. The molecule has 0 spiro atoms. The van der Waals surface area contributed by atoms with Gasteiger partial charge in [-0.15, -0.1) is 0 Å². The number of hydrogen-bond donors (Lipinski definition) is 1. The fourth-order valence-electron chi connectivity index (χ4n) is 2.23. The highest BCUT2D eigenvalue weighted by Gasteiger charge is 2.29. The van der Waals surface area contributed by atoms with Gasteiger partial charge in [0.1, 0.15) is 17.2 Å². The van der Waals surface area contributed by atoms with Crippen LogP contribution in [0.5, 0.6) is 17.2 Å². The Hall–Kier alpha value is -2.03. The first-order valence-corrected chi connectivity index (χ1v) is 10.8. The van der Waals surface area contributed by atoms with Crippen LogP contribution in [-0.2, 0) is 14.6 Å². The van der Waals surface area contributed by atoms with Crippen LogP contribution in [0.4, 0.5) is 0 Å². The van der Waals surface area contributed by atoms with Gasteiger partial charge in [0.15, 0.2) is 9.84 Å². The standard InChI is InChI=1S/C18H19NO5S2/c19-10-9-18(20)24-15-3-1-13(2-4-15)23-14-5-7-17(8-6-14)26(21,22)12-16-11-25-16/h1-8,16H,9-12,19H2. The first kappa shape index (κ1) is 18.8. The molecule has 0 amide bonds. The average Bonchev–Trinajstić information content (AvgIpc) is 3.41. The molecule has 138 valence electrons. The van der Waals surface area contributed by atoms with Gasteiger partial charge >= 0.3 is 5.97 Å². The van der Waals surface area contributed by atoms with Crippen LogP contribution in [0, 0.1) is 0 Å². The second-order valence-electron chi connectivity index (χ2n) is 5.79. The van der Waals surface area contributed by atoms with E-state index in [0.717, 1.165) is 5.75 Å². The van der Waals surface area contributed by atoms with Crippen molar-refractivity contribution in [3.8, 4) is 17.2 Å². The molecule has 1 aliphatic rings. The number of carbonyl (C=O) groups is 1. The average molecular weight is 393 g/mol. The largest absolute Gasteiger partial charge is 0.457 e. The SMILES string of the molecule is NCCC(=O)Oc1ccc(Oc2ccc(S(=O)(=O)CC3CS3)cc2)cc1. The molecule has 1 aliphatic heterocycles. The first-order chi connectivity index (χ1) is 12.5. The van der Waals surface area contributed by atoms with E-state index in [1.165, 1.54) is 0 Å². The molecule has 0 radical (unpaired) electrons. The van der Waals surface area contributed by atoms with E-state index in [4.69, 9.17) is 15.2 Å². The Morgan fingerprint density at radius 2 is 1.58 bits per heavy atom. The lowest BCUT2D eigenvalue weighted by molar-refractivity contribution is -0.134. The first-order valence-electron chi connectivity index (χ1n) is 8.09. The number of rotatable bonds is 8. The van der Waals surface area contributed by atoms with Gasteiger partial charge in [-0.05, 0) is 48.5 Å². The third kappa shape index (κ3) is 5.23. The van der Waals surface area contributed by atoms with E-state index in [1.54, 1.807) is 60.3 Å². The van der Waals surface area contributed by atoms with Gasteiger partial charge < -0.3 is 15.2 Å². The van der Waals surface area contributed by atoms with E-state index in [9.17, 15) is 13.2 Å². The van der Waals surface area contributed by atoms with Crippen LogP contribution in [0.2, 0.25) is 0 Å². The van der Waals surface area contributed by atoms with E-state index in [1.807, 2.05) is 0 Å². The lowest BCUT2D eigenvalue weighted by Crippen LogP contribution is -2.13. The Labute approximate surface area is 156 Å². The summed E-state index contributed by atoms with van der Waals surface area (Å²) in [6.45, 7) is 0.241. The molecule has 6 nitrogen and oxygen atoms in total. The quantitative estimate of drug-likeness (QED) is 0.418. The summed E-state index contributed by atoms with van der Waals surface area (Å²) in [5.74, 6) is 2.20. The lowest BCUT2D eigenvalue weighted by Gasteiger charge is -2.08. The van der Waals surface area contributed by atoms with Gasteiger partial charge in [0.25, 0.3) is 0 Å². The predicted molar refractivity (Wildman–Crippen MR) is 101 cm³/mol. The van der Waals surface area contributed by atoms with Crippen molar-refractivity contribution in [3.05, 3.63) is 48.5 Å². The van der Waals surface area contributed by atoms with E-state index < -0.39 is 9.84 Å². The second kappa shape index (κ2) is 8.11. The third-order valence-electron chi connectivity index (χ3n) is 3.63. The molecule has 1 unspecified atom stereocenters. The fraction of sp³-hybridized carbons (Fsp3) is 0.278. The molecule has 8 heteroatoms. The molecular weight excluding hydrogens is 374 g/mol. The van der Waals surface area contributed by atoms with Gasteiger partial charge in [-0.1, -0.05) is 0 Å². The lowest BCUT2D eigenvalue weighted by atomic mass is 10.3. The van der Waals surface area contributed by atoms with Crippen LogP contribution in [-0.4, -0.2) is 37.7 Å². The van der Waals surface area contributed by atoms with Crippen molar-refractivity contribution in [2.45, 2.75) is 16.6 Å². The highest BCUT2D eigenvalue weighted by molar-refractivity contribution is 8.08. The minimum Gasteiger partial charge on any atom is -0.457 e. The van der Waals surface area contributed by atoms with Gasteiger partial charge in [0, 0.05) is 17.5 Å². The second-order valence-corrected chi connectivity index (χ2v) is 9.16. The molecule has 1 heterocycles. The normalized spacial score (nSPS) is 16.1. The number of hydrogen-bond acceptors (Lipinski definition) is 7. The Kier molecular flexibility index (Phi) is 5.85. The Balaban J connectivity index is 1.61.